The summed E-state index contributed by atoms with van der Waals surface area (Å²) in [6.07, 6.45) is 1.32. The van der Waals surface area contributed by atoms with Crippen molar-refractivity contribution in [3.63, 3.8) is 0 Å². The average molecular weight is 490 g/mol. The number of hydrogen-bond donors (Lipinski definition) is 2. The molecule has 3 N–H and O–H groups in total. The van der Waals surface area contributed by atoms with Gasteiger partial charge in [-0.3, -0.25) is 4.79 Å². The Bertz CT molecular complexity index is 1180. The number of aryl methyl sites for hydroxylation is 2. The van der Waals surface area contributed by atoms with Gasteiger partial charge in [0, 0.05) is 23.8 Å². The highest BCUT2D eigenvalue weighted by molar-refractivity contribution is 6.31. The van der Waals surface area contributed by atoms with Crippen LogP contribution in [0.2, 0.25) is 5.02 Å². The summed E-state index contributed by atoms with van der Waals surface area (Å²) >= 11 is 6.18. The monoisotopic (exact) mass is 489 g/mol. The molecular weight excluding hydrogens is 464 g/mol. The van der Waals surface area contributed by atoms with E-state index < -0.39 is 5.82 Å². The third kappa shape index (κ3) is 4.84. The number of amides is 1. The van der Waals surface area contributed by atoms with Crippen LogP contribution in [0, 0.1) is 19.7 Å². The molecular formula is C24H26ClF2N5O2. The molecule has 10 heteroatoms. The lowest BCUT2D eigenvalue weighted by molar-refractivity contribution is 0.0790. The van der Waals surface area contributed by atoms with Crippen LogP contribution in [-0.2, 0) is 0 Å². The SMILES string of the molecule is CC[C@H](CC1N/C1=C/F)Oc1cc(F)ccc1C(=O)N1CC(N)=C(c2nc(C)c(Cl)c(C)n2)C1. The quantitative estimate of drug-likeness (QED) is 0.569. The van der Waals surface area contributed by atoms with E-state index in [9.17, 15) is 13.6 Å². The molecule has 0 saturated carbocycles. The second-order valence-corrected chi connectivity index (χ2v) is 8.86. The number of carbonyl (C=O) groups is 1. The van der Waals surface area contributed by atoms with E-state index in [4.69, 9.17) is 22.1 Å². The largest absolute Gasteiger partial charge is 0.489 e. The molecule has 2 aromatic rings. The summed E-state index contributed by atoms with van der Waals surface area (Å²) in [7, 11) is 0. The second kappa shape index (κ2) is 9.58. The zero-order valence-corrected chi connectivity index (χ0v) is 19.9. The Labute approximate surface area is 201 Å². The number of hydrogen-bond acceptors (Lipinski definition) is 6. The number of aromatic nitrogens is 2. The smallest absolute Gasteiger partial charge is 0.258 e. The van der Waals surface area contributed by atoms with E-state index in [1.807, 2.05) is 6.92 Å². The summed E-state index contributed by atoms with van der Waals surface area (Å²) in [6, 6.07) is 3.71. The van der Waals surface area contributed by atoms with Gasteiger partial charge >= 0.3 is 0 Å². The minimum Gasteiger partial charge on any atom is -0.489 e. The molecule has 4 rings (SSSR count). The molecule has 1 aromatic carbocycles. The summed E-state index contributed by atoms with van der Waals surface area (Å²) in [5.74, 6) is -0.290. The third-order valence-corrected chi connectivity index (χ3v) is 6.56. The molecule has 1 unspecified atom stereocenters. The van der Waals surface area contributed by atoms with Crippen molar-refractivity contribution in [1.82, 2.24) is 20.2 Å². The zero-order chi connectivity index (χ0) is 24.6. The molecule has 2 aliphatic rings. The van der Waals surface area contributed by atoms with Gasteiger partial charge in [0.05, 0.1) is 46.8 Å². The number of carbonyl (C=O) groups excluding carboxylic acids is 1. The van der Waals surface area contributed by atoms with E-state index in [1.165, 1.54) is 18.2 Å². The number of nitrogens with zero attached hydrogens (tertiary/aromatic N) is 3. The van der Waals surface area contributed by atoms with Gasteiger partial charge < -0.3 is 20.7 Å². The summed E-state index contributed by atoms with van der Waals surface area (Å²) in [5.41, 5.74) is 9.38. The highest BCUT2D eigenvalue weighted by atomic mass is 35.5. The molecule has 1 amide bonds. The van der Waals surface area contributed by atoms with E-state index in [0.717, 1.165) is 0 Å². The van der Waals surface area contributed by atoms with Crippen LogP contribution in [-0.4, -0.2) is 46.0 Å². The molecule has 7 nitrogen and oxygen atoms in total. The maximum absolute atomic E-state index is 14.1. The Morgan fingerprint density at radius 3 is 2.68 bits per heavy atom. The predicted octanol–water partition coefficient (Wildman–Crippen LogP) is 4.04. The maximum Gasteiger partial charge on any atom is 0.258 e. The Hall–Kier alpha value is -3.20. The van der Waals surface area contributed by atoms with Gasteiger partial charge in [-0.1, -0.05) is 18.5 Å². The normalized spacial score (nSPS) is 19.4. The van der Waals surface area contributed by atoms with Crippen molar-refractivity contribution in [1.29, 1.82) is 0 Å². The minimum atomic E-state index is -0.518. The number of rotatable bonds is 7. The van der Waals surface area contributed by atoms with E-state index in [2.05, 4.69) is 15.3 Å². The van der Waals surface area contributed by atoms with Crippen molar-refractivity contribution in [2.75, 3.05) is 13.1 Å². The van der Waals surface area contributed by atoms with Gasteiger partial charge in [-0.15, -0.1) is 0 Å². The molecule has 1 fully saturated rings. The standard InChI is InChI=1S/C24H26ClF2N5O2/c1-4-15(8-19-20(9-26)31-19)34-21-7-14(27)5-6-16(21)24(33)32-10-17(18(28)11-32)23-29-12(2)22(25)13(3)30-23/h5-7,9,15,19,31H,4,8,10-11,28H2,1-3H3/b20-9+/t15-,19?/m1/s1. The maximum atomic E-state index is 14.1. The van der Waals surface area contributed by atoms with Gasteiger partial charge in [-0.05, 0) is 32.4 Å². The first kappa shape index (κ1) is 23.9. The van der Waals surface area contributed by atoms with Crippen molar-refractivity contribution in [3.8, 4) is 5.75 Å². The predicted molar refractivity (Wildman–Crippen MR) is 125 cm³/mol. The van der Waals surface area contributed by atoms with Crippen molar-refractivity contribution in [3.05, 3.63) is 69.5 Å². The summed E-state index contributed by atoms with van der Waals surface area (Å²) in [5, 5.41) is 3.41. The molecule has 180 valence electrons. The lowest BCUT2D eigenvalue weighted by Crippen LogP contribution is -2.31. The fourth-order valence-corrected chi connectivity index (χ4v) is 4.06. The molecule has 1 aromatic heterocycles. The molecule has 0 aliphatic carbocycles. The molecule has 3 heterocycles. The third-order valence-electron chi connectivity index (χ3n) is 6.01. The van der Waals surface area contributed by atoms with Crippen LogP contribution in [0.15, 0.2) is 35.9 Å². The Morgan fingerprint density at radius 2 is 2.06 bits per heavy atom. The first-order valence-corrected chi connectivity index (χ1v) is 11.4. The van der Waals surface area contributed by atoms with E-state index in [0.29, 0.717) is 58.4 Å². The number of benzene rings is 1. The lowest BCUT2D eigenvalue weighted by atomic mass is 10.1. The van der Waals surface area contributed by atoms with Crippen LogP contribution in [0.25, 0.3) is 5.57 Å². The average Bonchev–Trinajstić information content (AvgIpc) is 3.45. The molecule has 0 bridgehead atoms. The van der Waals surface area contributed by atoms with Gasteiger partial charge in [-0.2, -0.15) is 0 Å². The van der Waals surface area contributed by atoms with Crippen LogP contribution in [0.4, 0.5) is 8.78 Å². The van der Waals surface area contributed by atoms with Crippen molar-refractivity contribution >= 4 is 23.1 Å². The zero-order valence-electron chi connectivity index (χ0n) is 19.2. The van der Waals surface area contributed by atoms with Gasteiger partial charge in [0.2, 0.25) is 0 Å². The van der Waals surface area contributed by atoms with Crippen molar-refractivity contribution in [2.24, 2.45) is 5.73 Å². The van der Waals surface area contributed by atoms with Crippen molar-refractivity contribution < 1.29 is 18.3 Å². The highest BCUT2D eigenvalue weighted by Gasteiger charge is 2.33. The topological polar surface area (TPSA) is 103 Å². The summed E-state index contributed by atoms with van der Waals surface area (Å²) < 4.78 is 32.7. The van der Waals surface area contributed by atoms with E-state index in [-0.39, 0.29) is 42.5 Å². The molecule has 0 spiro atoms. The molecule has 1 saturated heterocycles. The Balaban J connectivity index is 1.53. The number of ether oxygens (including phenoxy) is 1. The Kier molecular flexibility index (Phi) is 6.74. The summed E-state index contributed by atoms with van der Waals surface area (Å²) in [4.78, 5) is 23.8. The lowest BCUT2D eigenvalue weighted by Gasteiger charge is -2.22. The highest BCUT2D eigenvalue weighted by Crippen LogP contribution is 2.31. The number of halogens is 3. The number of nitrogens with two attached hydrogens (primary N) is 1. The van der Waals surface area contributed by atoms with Crippen LogP contribution in [0.1, 0.15) is 47.3 Å². The van der Waals surface area contributed by atoms with Gasteiger partial charge in [-0.25, -0.2) is 18.7 Å². The fourth-order valence-electron chi connectivity index (χ4n) is 3.98. The van der Waals surface area contributed by atoms with E-state index in [1.54, 1.807) is 18.7 Å². The molecule has 34 heavy (non-hydrogen) atoms. The Morgan fingerprint density at radius 1 is 1.35 bits per heavy atom. The summed E-state index contributed by atoms with van der Waals surface area (Å²) in [6.45, 7) is 5.87. The molecule has 2 atom stereocenters. The first-order chi connectivity index (χ1) is 16.2. The van der Waals surface area contributed by atoms with Crippen LogP contribution < -0.4 is 15.8 Å². The fraction of sp³-hybridized carbons (Fsp3) is 0.375. The van der Waals surface area contributed by atoms with Crippen LogP contribution >= 0.6 is 11.6 Å². The van der Waals surface area contributed by atoms with E-state index >= 15 is 0 Å². The minimum absolute atomic E-state index is 0.112. The van der Waals surface area contributed by atoms with Crippen LogP contribution in [0.5, 0.6) is 5.75 Å². The number of nitrogens with one attached hydrogen (secondary N) is 1. The first-order valence-electron chi connectivity index (χ1n) is 11.0. The van der Waals surface area contributed by atoms with Crippen LogP contribution in [0.3, 0.4) is 0 Å². The molecule has 0 radical (unpaired) electrons. The van der Waals surface area contributed by atoms with Gasteiger partial charge in [0.1, 0.15) is 24.0 Å². The molecule has 2 aliphatic heterocycles. The van der Waals surface area contributed by atoms with Crippen molar-refractivity contribution in [2.45, 2.75) is 45.8 Å². The van der Waals surface area contributed by atoms with Gasteiger partial charge in [0.15, 0.2) is 5.82 Å². The second-order valence-electron chi connectivity index (χ2n) is 8.48. The van der Waals surface area contributed by atoms with Gasteiger partial charge in [0.25, 0.3) is 5.91 Å².